The lowest BCUT2D eigenvalue weighted by Crippen LogP contribution is -2.38. The van der Waals surface area contributed by atoms with Crippen LogP contribution in [0.1, 0.15) is 13.8 Å². The summed E-state index contributed by atoms with van der Waals surface area (Å²) in [6.45, 7) is 3.37. The Morgan fingerprint density at radius 1 is 1.60 bits per heavy atom. The van der Waals surface area contributed by atoms with E-state index in [1.54, 1.807) is 26.0 Å². The van der Waals surface area contributed by atoms with Gasteiger partial charge in [0.25, 0.3) is 5.91 Å². The van der Waals surface area contributed by atoms with Crippen LogP contribution in [0.15, 0.2) is 18.3 Å². The second-order valence-electron chi connectivity index (χ2n) is 3.54. The normalized spacial score (nSPS) is 11.2. The Morgan fingerprint density at radius 2 is 2.27 bits per heavy atom. The van der Waals surface area contributed by atoms with E-state index in [4.69, 9.17) is 16.3 Å². The van der Waals surface area contributed by atoms with E-state index in [-0.39, 0.29) is 5.91 Å². The van der Waals surface area contributed by atoms with Crippen LogP contribution in [0.4, 0.5) is 5.69 Å². The van der Waals surface area contributed by atoms with Crippen molar-refractivity contribution < 1.29 is 9.53 Å². The SMILES string of the molecule is COC(C)(C)C(=O)Nc1ccnc(Cl)c1. The van der Waals surface area contributed by atoms with Crippen molar-refractivity contribution in [2.45, 2.75) is 19.4 Å². The van der Waals surface area contributed by atoms with E-state index in [1.807, 2.05) is 0 Å². The van der Waals surface area contributed by atoms with Gasteiger partial charge in [-0.15, -0.1) is 0 Å². The number of hydrogen-bond acceptors (Lipinski definition) is 3. The molecule has 0 saturated carbocycles. The minimum Gasteiger partial charge on any atom is -0.369 e. The average Bonchev–Trinajstić information content (AvgIpc) is 2.17. The summed E-state index contributed by atoms with van der Waals surface area (Å²) in [7, 11) is 1.49. The number of nitrogens with one attached hydrogen (secondary N) is 1. The fourth-order valence-corrected chi connectivity index (χ4v) is 1.03. The van der Waals surface area contributed by atoms with Crippen molar-refractivity contribution in [3.63, 3.8) is 0 Å². The lowest BCUT2D eigenvalue weighted by atomic mass is 10.1. The molecule has 0 fully saturated rings. The first kappa shape index (κ1) is 11.9. The van der Waals surface area contributed by atoms with Crippen molar-refractivity contribution in [1.82, 2.24) is 4.98 Å². The molecular formula is C10H13ClN2O2. The summed E-state index contributed by atoms with van der Waals surface area (Å²) in [5, 5.41) is 3.02. The summed E-state index contributed by atoms with van der Waals surface area (Å²) in [6.07, 6.45) is 1.53. The Hall–Kier alpha value is -1.13. The first-order valence-electron chi connectivity index (χ1n) is 4.44. The monoisotopic (exact) mass is 228 g/mol. The van der Waals surface area contributed by atoms with Gasteiger partial charge in [0.05, 0.1) is 0 Å². The van der Waals surface area contributed by atoms with Gasteiger partial charge in [0.15, 0.2) is 0 Å². The van der Waals surface area contributed by atoms with Crippen molar-refractivity contribution in [3.05, 3.63) is 23.5 Å². The van der Waals surface area contributed by atoms with Crippen molar-refractivity contribution in [3.8, 4) is 0 Å². The van der Waals surface area contributed by atoms with Crippen LogP contribution in [0.3, 0.4) is 0 Å². The maximum absolute atomic E-state index is 11.7. The topological polar surface area (TPSA) is 51.2 Å². The van der Waals surface area contributed by atoms with Crippen LogP contribution in [0, 0.1) is 0 Å². The molecule has 1 heterocycles. The van der Waals surface area contributed by atoms with E-state index in [0.717, 1.165) is 0 Å². The Bertz CT molecular complexity index is 366. The first-order valence-corrected chi connectivity index (χ1v) is 4.81. The first-order chi connectivity index (χ1) is 6.95. The van der Waals surface area contributed by atoms with E-state index >= 15 is 0 Å². The molecule has 1 N–H and O–H groups in total. The molecule has 0 aromatic carbocycles. The van der Waals surface area contributed by atoms with E-state index in [9.17, 15) is 4.79 Å². The lowest BCUT2D eigenvalue weighted by molar-refractivity contribution is -0.133. The molecule has 0 aliphatic carbocycles. The minimum atomic E-state index is -0.865. The van der Waals surface area contributed by atoms with Crippen molar-refractivity contribution in [2.75, 3.05) is 12.4 Å². The van der Waals surface area contributed by atoms with Gasteiger partial charge in [0.2, 0.25) is 0 Å². The number of rotatable bonds is 3. The number of halogens is 1. The number of carbonyl (C=O) groups is 1. The van der Waals surface area contributed by atoms with Gasteiger partial charge in [-0.2, -0.15) is 0 Å². The van der Waals surface area contributed by atoms with Crippen LogP contribution in [-0.4, -0.2) is 23.6 Å². The predicted octanol–water partition coefficient (Wildman–Crippen LogP) is 2.10. The molecule has 4 nitrogen and oxygen atoms in total. The number of pyridine rings is 1. The maximum atomic E-state index is 11.7. The molecule has 5 heteroatoms. The Labute approximate surface area is 93.6 Å². The summed E-state index contributed by atoms with van der Waals surface area (Å²) < 4.78 is 5.04. The van der Waals surface area contributed by atoms with Crippen molar-refractivity contribution >= 4 is 23.2 Å². The van der Waals surface area contributed by atoms with Crippen LogP contribution in [0.25, 0.3) is 0 Å². The van der Waals surface area contributed by atoms with Gasteiger partial charge in [-0.1, -0.05) is 11.6 Å². The van der Waals surface area contributed by atoms with Gasteiger partial charge in [0, 0.05) is 19.0 Å². The highest BCUT2D eigenvalue weighted by Crippen LogP contribution is 2.15. The molecule has 1 amide bonds. The standard InChI is InChI=1S/C10H13ClN2O2/c1-10(2,15-3)9(14)13-7-4-5-12-8(11)6-7/h4-6H,1-3H3,(H,12,13,14). The van der Waals surface area contributed by atoms with Crippen molar-refractivity contribution in [2.24, 2.45) is 0 Å². The zero-order valence-corrected chi connectivity index (χ0v) is 9.63. The fraction of sp³-hybridized carbons (Fsp3) is 0.400. The molecule has 0 bridgehead atoms. The number of amides is 1. The highest BCUT2D eigenvalue weighted by molar-refractivity contribution is 6.29. The van der Waals surface area contributed by atoms with E-state index in [0.29, 0.717) is 10.8 Å². The molecule has 0 unspecified atom stereocenters. The summed E-state index contributed by atoms with van der Waals surface area (Å²) in [6, 6.07) is 3.24. The third-order valence-electron chi connectivity index (χ3n) is 2.04. The highest BCUT2D eigenvalue weighted by atomic mass is 35.5. The van der Waals surface area contributed by atoms with Crippen LogP contribution < -0.4 is 5.32 Å². The molecule has 0 saturated heterocycles. The summed E-state index contributed by atoms with van der Waals surface area (Å²) in [4.78, 5) is 15.5. The summed E-state index contributed by atoms with van der Waals surface area (Å²) in [5.41, 5.74) is -0.263. The van der Waals surface area contributed by atoms with Gasteiger partial charge in [-0.05, 0) is 26.0 Å². The Balaban J connectivity index is 2.75. The van der Waals surface area contributed by atoms with Crippen LogP contribution >= 0.6 is 11.6 Å². The molecule has 1 aromatic rings. The third kappa shape index (κ3) is 3.18. The Morgan fingerprint density at radius 3 is 2.80 bits per heavy atom. The fourth-order valence-electron chi connectivity index (χ4n) is 0.855. The largest absolute Gasteiger partial charge is 0.369 e. The average molecular weight is 229 g/mol. The van der Waals surface area contributed by atoms with Gasteiger partial charge < -0.3 is 10.1 Å². The molecule has 0 aliphatic heterocycles. The smallest absolute Gasteiger partial charge is 0.256 e. The number of ether oxygens (including phenoxy) is 1. The zero-order chi connectivity index (χ0) is 11.5. The van der Waals surface area contributed by atoms with Gasteiger partial charge >= 0.3 is 0 Å². The van der Waals surface area contributed by atoms with Crippen LogP contribution in [-0.2, 0) is 9.53 Å². The number of methoxy groups -OCH3 is 1. The number of hydrogen-bond donors (Lipinski definition) is 1. The molecule has 0 spiro atoms. The maximum Gasteiger partial charge on any atom is 0.256 e. The molecular weight excluding hydrogens is 216 g/mol. The van der Waals surface area contributed by atoms with Crippen LogP contribution in [0.5, 0.6) is 0 Å². The van der Waals surface area contributed by atoms with E-state index < -0.39 is 5.60 Å². The summed E-state index contributed by atoms with van der Waals surface area (Å²) >= 11 is 5.68. The molecule has 1 aromatic heterocycles. The minimum absolute atomic E-state index is 0.229. The number of carbonyl (C=O) groups excluding carboxylic acids is 1. The lowest BCUT2D eigenvalue weighted by Gasteiger charge is -2.21. The van der Waals surface area contributed by atoms with Crippen LogP contribution in [0.2, 0.25) is 5.15 Å². The van der Waals surface area contributed by atoms with Crippen molar-refractivity contribution in [1.29, 1.82) is 0 Å². The molecule has 15 heavy (non-hydrogen) atoms. The number of aromatic nitrogens is 1. The van der Waals surface area contributed by atoms with E-state index in [1.165, 1.54) is 13.3 Å². The van der Waals surface area contributed by atoms with Gasteiger partial charge in [0.1, 0.15) is 10.8 Å². The van der Waals surface area contributed by atoms with Gasteiger partial charge in [-0.3, -0.25) is 4.79 Å². The quantitative estimate of drug-likeness (QED) is 0.807. The second kappa shape index (κ2) is 4.59. The Kier molecular flexibility index (Phi) is 3.66. The van der Waals surface area contributed by atoms with Gasteiger partial charge in [-0.25, -0.2) is 4.98 Å². The van der Waals surface area contributed by atoms with E-state index in [2.05, 4.69) is 10.3 Å². The summed E-state index contributed by atoms with van der Waals surface area (Å²) in [5.74, 6) is -0.229. The second-order valence-corrected chi connectivity index (χ2v) is 3.92. The molecule has 0 atom stereocenters. The highest BCUT2D eigenvalue weighted by Gasteiger charge is 2.26. The zero-order valence-electron chi connectivity index (χ0n) is 8.87. The number of anilines is 1. The molecule has 0 radical (unpaired) electrons. The molecule has 1 rings (SSSR count). The molecule has 82 valence electrons. The number of nitrogens with zero attached hydrogens (tertiary/aromatic N) is 1. The third-order valence-corrected chi connectivity index (χ3v) is 2.25. The predicted molar refractivity (Wildman–Crippen MR) is 59.0 cm³/mol. The molecule has 0 aliphatic rings.